The molecule has 0 aliphatic carbocycles. The van der Waals surface area contributed by atoms with Crippen LogP contribution in [0.5, 0.6) is 11.5 Å². The van der Waals surface area contributed by atoms with E-state index in [0.29, 0.717) is 24.7 Å². The molecule has 0 bridgehead atoms. The lowest BCUT2D eigenvalue weighted by Gasteiger charge is -2.23. The van der Waals surface area contributed by atoms with Crippen molar-refractivity contribution in [2.75, 3.05) is 13.2 Å². The van der Waals surface area contributed by atoms with Crippen molar-refractivity contribution in [2.45, 2.75) is 19.4 Å². The molecule has 1 aliphatic heterocycles. The van der Waals surface area contributed by atoms with Crippen LogP contribution in [0.25, 0.3) is 0 Å². The van der Waals surface area contributed by atoms with Crippen LogP contribution < -0.4 is 15.2 Å². The summed E-state index contributed by atoms with van der Waals surface area (Å²) in [6, 6.07) is 0.921. The summed E-state index contributed by atoms with van der Waals surface area (Å²) >= 11 is 3.40. The first kappa shape index (κ1) is 13.2. The van der Waals surface area contributed by atoms with E-state index in [1.54, 1.807) is 0 Å². The molecule has 1 atom stereocenters. The molecular weight excluding hydrogens is 302 g/mol. The van der Waals surface area contributed by atoms with Gasteiger partial charge in [-0.3, -0.25) is 4.79 Å². The number of fused-ring (bicyclic) bond motifs is 1. The third kappa shape index (κ3) is 2.44. The molecule has 6 heteroatoms. The average molecular weight is 316 g/mol. The van der Waals surface area contributed by atoms with Crippen LogP contribution in [-0.4, -0.2) is 30.3 Å². The number of carbonyl (C=O) groups is 1. The molecular formula is C12H14BrNO4. The molecule has 2 rings (SSSR count). The van der Waals surface area contributed by atoms with Gasteiger partial charge >= 0.3 is 5.97 Å². The number of ether oxygens (including phenoxy) is 2. The number of benzene rings is 1. The fourth-order valence-electron chi connectivity index (χ4n) is 1.88. The van der Waals surface area contributed by atoms with Crippen molar-refractivity contribution in [3.63, 3.8) is 0 Å². The number of hydrogen-bond acceptors (Lipinski definition) is 4. The van der Waals surface area contributed by atoms with Crippen LogP contribution >= 0.6 is 15.9 Å². The van der Waals surface area contributed by atoms with Gasteiger partial charge in [0.15, 0.2) is 11.5 Å². The summed E-state index contributed by atoms with van der Waals surface area (Å²) in [6.45, 7) is 2.89. The van der Waals surface area contributed by atoms with E-state index >= 15 is 0 Å². The number of hydrogen-bond donors (Lipinski definition) is 2. The Kier molecular flexibility index (Phi) is 3.77. The Morgan fingerprint density at radius 2 is 2.11 bits per heavy atom. The van der Waals surface area contributed by atoms with E-state index in [9.17, 15) is 4.79 Å². The Bertz CT molecular complexity index is 489. The van der Waals surface area contributed by atoms with Crippen molar-refractivity contribution in [2.24, 2.45) is 5.73 Å². The van der Waals surface area contributed by atoms with Gasteiger partial charge in [0.05, 0.1) is 4.47 Å². The van der Waals surface area contributed by atoms with Crippen LogP contribution in [0.15, 0.2) is 10.5 Å². The van der Waals surface area contributed by atoms with Crippen LogP contribution in [0.1, 0.15) is 11.1 Å². The molecule has 98 valence electrons. The fraction of sp³-hybridized carbons (Fsp3) is 0.417. The first-order valence-electron chi connectivity index (χ1n) is 5.56. The summed E-state index contributed by atoms with van der Waals surface area (Å²) in [5, 5.41) is 8.85. The molecule has 0 spiro atoms. The monoisotopic (exact) mass is 315 g/mol. The third-order valence-corrected chi connectivity index (χ3v) is 3.47. The Morgan fingerprint density at radius 1 is 1.50 bits per heavy atom. The quantitative estimate of drug-likeness (QED) is 0.883. The zero-order valence-corrected chi connectivity index (χ0v) is 11.5. The largest absolute Gasteiger partial charge is 0.486 e. The SMILES string of the molecule is Cc1c(CC(N)C(=O)O)cc(Br)c2c1OCCO2. The second-order valence-electron chi connectivity index (χ2n) is 4.15. The Morgan fingerprint density at radius 3 is 2.72 bits per heavy atom. The first-order valence-corrected chi connectivity index (χ1v) is 6.36. The zero-order valence-electron chi connectivity index (χ0n) is 9.90. The molecule has 0 radical (unpaired) electrons. The number of halogens is 1. The molecule has 0 amide bonds. The predicted molar refractivity (Wildman–Crippen MR) is 69.2 cm³/mol. The van der Waals surface area contributed by atoms with Gasteiger partial charge in [-0.05, 0) is 46.5 Å². The maximum atomic E-state index is 10.8. The lowest BCUT2D eigenvalue weighted by Crippen LogP contribution is -2.32. The van der Waals surface area contributed by atoms with Crippen molar-refractivity contribution < 1.29 is 19.4 Å². The molecule has 1 aliphatic rings. The molecule has 1 aromatic carbocycles. The molecule has 18 heavy (non-hydrogen) atoms. The Hall–Kier alpha value is -1.27. The highest BCUT2D eigenvalue weighted by molar-refractivity contribution is 9.10. The van der Waals surface area contributed by atoms with Crippen molar-refractivity contribution in [3.8, 4) is 11.5 Å². The first-order chi connectivity index (χ1) is 8.50. The smallest absolute Gasteiger partial charge is 0.320 e. The standard InChI is InChI=1S/C12H14BrNO4/c1-6-7(5-9(14)12(15)16)4-8(13)11-10(6)17-2-3-18-11/h4,9H,2-3,5,14H2,1H3,(H,15,16). The highest BCUT2D eigenvalue weighted by Crippen LogP contribution is 2.42. The highest BCUT2D eigenvalue weighted by Gasteiger charge is 2.22. The molecule has 0 aromatic heterocycles. The summed E-state index contributed by atoms with van der Waals surface area (Å²) in [5.41, 5.74) is 7.28. The molecule has 1 unspecified atom stereocenters. The number of aliphatic carboxylic acids is 1. The second-order valence-corrected chi connectivity index (χ2v) is 5.00. The van der Waals surface area contributed by atoms with E-state index < -0.39 is 12.0 Å². The molecule has 5 nitrogen and oxygen atoms in total. The summed E-state index contributed by atoms with van der Waals surface area (Å²) in [4.78, 5) is 10.8. The van der Waals surface area contributed by atoms with Gasteiger partial charge in [-0.1, -0.05) is 0 Å². The van der Waals surface area contributed by atoms with Gasteiger partial charge in [-0.25, -0.2) is 0 Å². The molecule has 1 heterocycles. The minimum Gasteiger partial charge on any atom is -0.486 e. The van der Waals surface area contributed by atoms with Crippen molar-refractivity contribution >= 4 is 21.9 Å². The maximum absolute atomic E-state index is 10.8. The van der Waals surface area contributed by atoms with Gasteiger partial charge in [-0.15, -0.1) is 0 Å². The minimum atomic E-state index is -1.01. The van der Waals surface area contributed by atoms with Crippen LogP contribution in [0.3, 0.4) is 0 Å². The normalized spacial score (nSPS) is 15.3. The molecule has 0 saturated carbocycles. The van der Waals surface area contributed by atoms with Gasteiger partial charge in [-0.2, -0.15) is 0 Å². The number of nitrogens with two attached hydrogens (primary N) is 1. The topological polar surface area (TPSA) is 81.8 Å². The summed E-state index contributed by atoms with van der Waals surface area (Å²) in [6.07, 6.45) is 0.260. The van der Waals surface area contributed by atoms with Crippen molar-refractivity contribution in [3.05, 3.63) is 21.7 Å². The molecule has 0 saturated heterocycles. The lowest BCUT2D eigenvalue weighted by molar-refractivity contribution is -0.138. The van der Waals surface area contributed by atoms with Crippen LogP contribution in [-0.2, 0) is 11.2 Å². The van der Waals surface area contributed by atoms with Crippen molar-refractivity contribution in [1.29, 1.82) is 0 Å². The third-order valence-electron chi connectivity index (χ3n) is 2.88. The summed E-state index contributed by atoms with van der Waals surface area (Å²) in [5.74, 6) is 0.329. The molecule has 3 N–H and O–H groups in total. The number of carboxylic acids is 1. The Balaban J connectivity index is 2.37. The molecule has 1 aromatic rings. The van der Waals surface area contributed by atoms with E-state index in [0.717, 1.165) is 15.6 Å². The van der Waals surface area contributed by atoms with Gasteiger partial charge in [0.1, 0.15) is 19.3 Å². The van der Waals surface area contributed by atoms with Crippen LogP contribution in [0.4, 0.5) is 0 Å². The van der Waals surface area contributed by atoms with Crippen molar-refractivity contribution in [1.82, 2.24) is 0 Å². The fourth-order valence-corrected chi connectivity index (χ4v) is 2.45. The minimum absolute atomic E-state index is 0.260. The van der Waals surface area contributed by atoms with Gasteiger partial charge in [0, 0.05) is 0 Å². The Labute approximate surface area is 113 Å². The van der Waals surface area contributed by atoms with Crippen LogP contribution in [0, 0.1) is 6.92 Å². The number of rotatable bonds is 3. The van der Waals surface area contributed by atoms with E-state index in [-0.39, 0.29) is 6.42 Å². The zero-order chi connectivity index (χ0) is 13.3. The van der Waals surface area contributed by atoms with E-state index in [4.69, 9.17) is 20.3 Å². The van der Waals surface area contributed by atoms with Gasteiger partial charge in [0.25, 0.3) is 0 Å². The lowest BCUT2D eigenvalue weighted by atomic mass is 10.00. The summed E-state index contributed by atoms with van der Waals surface area (Å²) in [7, 11) is 0. The van der Waals surface area contributed by atoms with Gasteiger partial charge in [0.2, 0.25) is 0 Å². The molecule has 0 fully saturated rings. The average Bonchev–Trinajstić information content (AvgIpc) is 2.35. The second kappa shape index (κ2) is 5.16. The van der Waals surface area contributed by atoms with Gasteiger partial charge < -0.3 is 20.3 Å². The van der Waals surface area contributed by atoms with E-state index in [1.165, 1.54) is 0 Å². The predicted octanol–water partition coefficient (Wildman–Crippen LogP) is 1.48. The van der Waals surface area contributed by atoms with E-state index in [2.05, 4.69) is 15.9 Å². The summed E-state index contributed by atoms with van der Waals surface area (Å²) < 4.78 is 11.9. The highest BCUT2D eigenvalue weighted by atomic mass is 79.9. The van der Waals surface area contributed by atoms with Crippen LogP contribution in [0.2, 0.25) is 0 Å². The van der Waals surface area contributed by atoms with E-state index in [1.807, 2.05) is 13.0 Å². The maximum Gasteiger partial charge on any atom is 0.320 e. The number of carboxylic acid groups (broad SMARTS) is 1.